The fourth-order valence-corrected chi connectivity index (χ4v) is 4.22. The summed E-state index contributed by atoms with van der Waals surface area (Å²) in [6.45, 7) is 2.69. The Hall–Kier alpha value is -3.81. The lowest BCUT2D eigenvalue weighted by Gasteiger charge is -2.22. The van der Waals surface area contributed by atoms with Crippen molar-refractivity contribution in [3.63, 3.8) is 0 Å². The van der Waals surface area contributed by atoms with Gasteiger partial charge in [0.2, 0.25) is 0 Å². The Bertz CT molecular complexity index is 1340. The minimum Gasteiger partial charge on any atom is -0.495 e. The molecule has 2 aromatic heterocycles. The summed E-state index contributed by atoms with van der Waals surface area (Å²) in [6.07, 6.45) is 9.19. The number of aromatic nitrogens is 5. The number of benzene rings is 2. The number of hydrogen-bond donors (Lipinski definition) is 0. The third-order valence-electron chi connectivity index (χ3n) is 5.86. The predicted molar refractivity (Wildman–Crippen MR) is 121 cm³/mol. The van der Waals surface area contributed by atoms with E-state index in [0.29, 0.717) is 11.4 Å². The Morgan fingerprint density at radius 2 is 1.97 bits per heavy atom. The van der Waals surface area contributed by atoms with Gasteiger partial charge in [0.1, 0.15) is 11.6 Å². The van der Waals surface area contributed by atoms with E-state index < -0.39 is 11.6 Å². The van der Waals surface area contributed by atoms with Crippen molar-refractivity contribution in [1.82, 2.24) is 24.3 Å². The normalized spacial score (nSPS) is 15.7. The van der Waals surface area contributed by atoms with Gasteiger partial charge in [-0.25, -0.2) is 23.4 Å². The van der Waals surface area contributed by atoms with Crippen LogP contribution in [0.2, 0.25) is 0 Å². The standard InChI is InChI=1S/C25H23F2N5O/c1-16-14-31(15-28-16)22-9-5-17(12-23(22)33-2)6-10-24-29-25-19(4-3-11-32(25)30-24)18-7-8-20(26)21(27)13-18/h5-10,12-15,19H,3-4,11H2,1-2H3/t19-/m1/s1. The van der Waals surface area contributed by atoms with Crippen LogP contribution in [0.15, 0.2) is 48.9 Å². The highest BCUT2D eigenvalue weighted by Gasteiger charge is 2.26. The molecule has 0 fully saturated rings. The number of halogens is 2. The fourth-order valence-electron chi connectivity index (χ4n) is 4.22. The van der Waals surface area contributed by atoms with Crippen molar-refractivity contribution >= 4 is 12.2 Å². The van der Waals surface area contributed by atoms with E-state index in [9.17, 15) is 8.78 Å². The molecule has 1 aliphatic rings. The van der Waals surface area contributed by atoms with Gasteiger partial charge in [0.15, 0.2) is 17.5 Å². The van der Waals surface area contributed by atoms with Crippen molar-refractivity contribution in [3.05, 3.63) is 89.0 Å². The molecule has 5 rings (SSSR count). The van der Waals surface area contributed by atoms with Crippen molar-refractivity contribution < 1.29 is 13.5 Å². The molecule has 8 heteroatoms. The van der Waals surface area contributed by atoms with Crippen molar-refractivity contribution in [1.29, 1.82) is 0 Å². The van der Waals surface area contributed by atoms with Gasteiger partial charge in [-0.3, -0.25) is 0 Å². The van der Waals surface area contributed by atoms with E-state index in [-0.39, 0.29) is 5.92 Å². The lowest BCUT2D eigenvalue weighted by Crippen LogP contribution is -2.18. The molecule has 2 aromatic carbocycles. The van der Waals surface area contributed by atoms with Crippen LogP contribution in [0.5, 0.6) is 5.75 Å². The first kappa shape index (κ1) is 21.1. The summed E-state index contributed by atoms with van der Waals surface area (Å²) in [5.41, 5.74) is 3.49. The number of aryl methyl sites for hydroxylation is 2. The van der Waals surface area contributed by atoms with Gasteiger partial charge in [-0.1, -0.05) is 18.2 Å². The zero-order chi connectivity index (χ0) is 22.9. The van der Waals surface area contributed by atoms with Crippen LogP contribution in [0.25, 0.3) is 17.8 Å². The summed E-state index contributed by atoms with van der Waals surface area (Å²) in [6, 6.07) is 9.96. The number of nitrogens with zero attached hydrogens (tertiary/aromatic N) is 5. The first-order valence-electron chi connectivity index (χ1n) is 10.8. The average molecular weight is 447 g/mol. The zero-order valence-electron chi connectivity index (χ0n) is 18.4. The molecule has 0 aliphatic carbocycles. The first-order valence-corrected chi connectivity index (χ1v) is 10.8. The summed E-state index contributed by atoms with van der Waals surface area (Å²) < 4.78 is 36.5. The number of ether oxygens (including phenoxy) is 1. The molecule has 0 amide bonds. The van der Waals surface area contributed by atoms with Gasteiger partial charge in [-0.05, 0) is 61.2 Å². The van der Waals surface area contributed by atoms with Crippen molar-refractivity contribution in [2.45, 2.75) is 32.2 Å². The Morgan fingerprint density at radius 1 is 1.09 bits per heavy atom. The molecule has 0 saturated carbocycles. The molecule has 33 heavy (non-hydrogen) atoms. The van der Waals surface area contributed by atoms with Gasteiger partial charge in [-0.15, -0.1) is 0 Å². The van der Waals surface area contributed by atoms with Gasteiger partial charge in [-0.2, -0.15) is 5.10 Å². The van der Waals surface area contributed by atoms with E-state index >= 15 is 0 Å². The molecule has 0 bridgehead atoms. The van der Waals surface area contributed by atoms with Crippen LogP contribution < -0.4 is 4.74 Å². The van der Waals surface area contributed by atoms with Crippen LogP contribution in [0.4, 0.5) is 8.78 Å². The van der Waals surface area contributed by atoms with E-state index in [1.54, 1.807) is 19.5 Å². The molecule has 0 unspecified atom stereocenters. The van der Waals surface area contributed by atoms with Crippen LogP contribution >= 0.6 is 0 Å². The van der Waals surface area contributed by atoms with Gasteiger partial charge in [0, 0.05) is 18.7 Å². The summed E-state index contributed by atoms with van der Waals surface area (Å²) in [5, 5.41) is 4.60. The predicted octanol–water partition coefficient (Wildman–Crippen LogP) is 5.16. The van der Waals surface area contributed by atoms with E-state index in [0.717, 1.165) is 47.9 Å². The molecule has 1 aliphatic heterocycles. The maximum Gasteiger partial charge on any atom is 0.174 e. The number of fused-ring (bicyclic) bond motifs is 1. The topological polar surface area (TPSA) is 57.8 Å². The Balaban J connectivity index is 1.41. The highest BCUT2D eigenvalue weighted by Crippen LogP contribution is 2.33. The lowest BCUT2D eigenvalue weighted by molar-refractivity contribution is 0.413. The Morgan fingerprint density at radius 3 is 2.73 bits per heavy atom. The maximum atomic E-state index is 13.8. The second-order valence-electron chi connectivity index (χ2n) is 8.11. The molecule has 6 nitrogen and oxygen atoms in total. The van der Waals surface area contributed by atoms with E-state index in [1.165, 1.54) is 12.1 Å². The Kier molecular flexibility index (Phi) is 5.50. The number of hydrogen-bond acceptors (Lipinski definition) is 4. The molecule has 0 spiro atoms. The molecular weight excluding hydrogens is 424 g/mol. The number of imidazole rings is 1. The molecular formula is C25H23F2N5O. The quantitative estimate of drug-likeness (QED) is 0.424. The van der Waals surface area contributed by atoms with Gasteiger partial charge in [0.05, 0.1) is 24.8 Å². The molecule has 168 valence electrons. The molecule has 0 saturated heterocycles. The fraction of sp³-hybridized carbons (Fsp3) is 0.240. The number of methoxy groups -OCH3 is 1. The van der Waals surface area contributed by atoms with Gasteiger partial charge < -0.3 is 9.30 Å². The third-order valence-corrected chi connectivity index (χ3v) is 5.86. The van der Waals surface area contributed by atoms with Gasteiger partial charge >= 0.3 is 0 Å². The second kappa shape index (κ2) is 8.61. The van der Waals surface area contributed by atoms with Crippen molar-refractivity contribution in [2.75, 3.05) is 7.11 Å². The monoisotopic (exact) mass is 447 g/mol. The van der Waals surface area contributed by atoms with E-state index in [2.05, 4.69) is 10.1 Å². The van der Waals surface area contributed by atoms with Crippen LogP contribution in [0, 0.1) is 18.6 Å². The van der Waals surface area contributed by atoms with Crippen molar-refractivity contribution in [3.8, 4) is 11.4 Å². The first-order chi connectivity index (χ1) is 16.0. The largest absolute Gasteiger partial charge is 0.495 e. The number of rotatable bonds is 5. The third kappa shape index (κ3) is 4.16. The summed E-state index contributed by atoms with van der Waals surface area (Å²) >= 11 is 0. The van der Waals surface area contributed by atoms with E-state index in [4.69, 9.17) is 9.72 Å². The summed E-state index contributed by atoms with van der Waals surface area (Å²) in [4.78, 5) is 8.96. The SMILES string of the molecule is COc1cc(C=Cc2nc3n(n2)CCC[C@@H]3c2ccc(F)c(F)c2)ccc1-n1cnc(C)c1. The molecule has 0 radical (unpaired) electrons. The van der Waals surface area contributed by atoms with Crippen LogP contribution in [0.1, 0.15) is 47.2 Å². The summed E-state index contributed by atoms with van der Waals surface area (Å²) in [5.74, 6) is 0.284. The minimum absolute atomic E-state index is 0.110. The Labute approximate surface area is 190 Å². The summed E-state index contributed by atoms with van der Waals surface area (Å²) in [7, 11) is 1.64. The van der Waals surface area contributed by atoms with Crippen LogP contribution in [-0.4, -0.2) is 31.4 Å². The highest BCUT2D eigenvalue weighted by atomic mass is 19.2. The molecule has 1 atom stereocenters. The maximum absolute atomic E-state index is 13.8. The lowest BCUT2D eigenvalue weighted by atomic mass is 9.91. The molecule has 3 heterocycles. The van der Waals surface area contributed by atoms with E-state index in [1.807, 2.05) is 52.7 Å². The van der Waals surface area contributed by atoms with Crippen LogP contribution in [-0.2, 0) is 6.54 Å². The second-order valence-corrected chi connectivity index (χ2v) is 8.11. The molecule has 4 aromatic rings. The minimum atomic E-state index is -0.843. The average Bonchev–Trinajstić information content (AvgIpc) is 3.45. The smallest absolute Gasteiger partial charge is 0.174 e. The van der Waals surface area contributed by atoms with Crippen molar-refractivity contribution in [2.24, 2.45) is 0 Å². The molecule has 0 N–H and O–H groups in total. The highest BCUT2D eigenvalue weighted by molar-refractivity contribution is 5.69. The van der Waals surface area contributed by atoms with Crippen LogP contribution in [0.3, 0.4) is 0 Å². The van der Waals surface area contributed by atoms with Gasteiger partial charge in [0.25, 0.3) is 0 Å². The zero-order valence-corrected chi connectivity index (χ0v) is 18.4.